The third kappa shape index (κ3) is 3.47. The van der Waals surface area contributed by atoms with E-state index in [9.17, 15) is 14.4 Å². The Labute approximate surface area is 147 Å². The van der Waals surface area contributed by atoms with Crippen LogP contribution in [0, 0.1) is 0 Å². The first-order valence-corrected chi connectivity index (χ1v) is 8.19. The highest BCUT2D eigenvalue weighted by Gasteiger charge is 2.51. The minimum absolute atomic E-state index is 0.305. The number of urea groups is 1. The van der Waals surface area contributed by atoms with Crippen molar-refractivity contribution in [1.82, 2.24) is 15.1 Å². The van der Waals surface area contributed by atoms with E-state index in [1.807, 2.05) is 25.1 Å². The smallest absolute Gasteiger partial charge is 0.325 e. The molecule has 0 spiro atoms. The number of nitrogens with zero attached hydrogens (tertiary/aromatic N) is 2. The van der Waals surface area contributed by atoms with E-state index in [4.69, 9.17) is 0 Å². The molecule has 1 saturated heterocycles. The molecule has 0 radical (unpaired) electrons. The van der Waals surface area contributed by atoms with E-state index < -0.39 is 17.5 Å². The Bertz CT molecular complexity index is 676. The zero-order chi connectivity index (χ0) is 18.4. The zero-order valence-electron chi connectivity index (χ0n) is 14.4. The fourth-order valence-corrected chi connectivity index (χ4v) is 2.96. The van der Waals surface area contributed by atoms with Gasteiger partial charge in [-0.3, -0.25) is 14.5 Å². The summed E-state index contributed by atoms with van der Waals surface area (Å²) in [5, 5.41) is 2.77. The number of rotatable bonds is 8. The molecule has 1 atom stereocenters. The predicted molar refractivity (Wildman–Crippen MR) is 95.6 cm³/mol. The van der Waals surface area contributed by atoms with Crippen LogP contribution in [0.15, 0.2) is 55.6 Å². The highest BCUT2D eigenvalue weighted by Crippen LogP contribution is 2.32. The Hall–Kier alpha value is -2.89. The molecule has 1 aromatic rings. The van der Waals surface area contributed by atoms with Crippen LogP contribution in [0.1, 0.15) is 18.9 Å². The van der Waals surface area contributed by atoms with Crippen LogP contribution in [-0.2, 0) is 15.1 Å². The molecular formula is C19H23N3O3. The van der Waals surface area contributed by atoms with Crippen LogP contribution < -0.4 is 5.32 Å². The van der Waals surface area contributed by atoms with Gasteiger partial charge in [0.15, 0.2) is 0 Å². The van der Waals surface area contributed by atoms with Crippen LogP contribution in [-0.4, -0.2) is 47.3 Å². The van der Waals surface area contributed by atoms with Crippen LogP contribution in [0.5, 0.6) is 0 Å². The maximum atomic E-state index is 13.0. The number of imide groups is 1. The third-order valence-electron chi connectivity index (χ3n) is 4.32. The number of benzene rings is 1. The molecule has 1 heterocycles. The molecule has 4 amide bonds. The summed E-state index contributed by atoms with van der Waals surface area (Å²) in [5.74, 6) is -0.736. The molecule has 1 aliphatic heterocycles. The Morgan fingerprint density at radius 1 is 1.20 bits per heavy atom. The second-order valence-corrected chi connectivity index (χ2v) is 5.82. The van der Waals surface area contributed by atoms with E-state index in [1.165, 1.54) is 4.90 Å². The molecule has 1 aliphatic rings. The van der Waals surface area contributed by atoms with Gasteiger partial charge >= 0.3 is 6.03 Å². The fourth-order valence-electron chi connectivity index (χ4n) is 2.96. The largest absolute Gasteiger partial charge is 0.334 e. The molecule has 0 aliphatic carbocycles. The normalized spacial score (nSPS) is 19.5. The number of hydrogen-bond donors (Lipinski definition) is 1. The summed E-state index contributed by atoms with van der Waals surface area (Å²) in [7, 11) is 0. The SMILES string of the molecule is C=CCN(CC=C)C(=O)CN1C(=O)NC(CC)(c2ccccc2)C1=O. The van der Waals surface area contributed by atoms with Crippen LogP contribution in [0.3, 0.4) is 0 Å². The molecule has 0 bridgehead atoms. The average Bonchev–Trinajstić information content (AvgIpc) is 2.87. The standard InChI is InChI=1S/C19H23N3O3/c1-4-12-21(13-5-2)16(23)14-22-17(24)19(6-3,20-18(22)25)15-10-8-7-9-11-15/h4-5,7-11H,1-2,6,12-14H2,3H3,(H,20,25). The van der Waals surface area contributed by atoms with E-state index >= 15 is 0 Å². The summed E-state index contributed by atoms with van der Waals surface area (Å²) in [4.78, 5) is 40.3. The molecular weight excluding hydrogens is 318 g/mol. The second kappa shape index (κ2) is 7.79. The lowest BCUT2D eigenvalue weighted by atomic mass is 9.87. The van der Waals surface area contributed by atoms with Crippen molar-refractivity contribution >= 4 is 17.8 Å². The maximum Gasteiger partial charge on any atom is 0.325 e. The van der Waals surface area contributed by atoms with Crippen molar-refractivity contribution in [3.05, 3.63) is 61.2 Å². The van der Waals surface area contributed by atoms with Gasteiger partial charge in [0, 0.05) is 13.1 Å². The van der Waals surface area contributed by atoms with Crippen LogP contribution >= 0.6 is 0 Å². The minimum atomic E-state index is -1.12. The van der Waals surface area contributed by atoms with Gasteiger partial charge in [-0.15, -0.1) is 13.2 Å². The van der Waals surface area contributed by atoms with E-state index in [2.05, 4.69) is 18.5 Å². The molecule has 0 saturated carbocycles. The predicted octanol–water partition coefficient (Wildman–Crippen LogP) is 2.04. The second-order valence-electron chi connectivity index (χ2n) is 5.82. The van der Waals surface area contributed by atoms with Gasteiger partial charge < -0.3 is 10.2 Å². The number of carbonyl (C=O) groups excluding carboxylic acids is 3. The van der Waals surface area contributed by atoms with Gasteiger partial charge in [0.1, 0.15) is 12.1 Å². The first-order chi connectivity index (χ1) is 12.0. The van der Waals surface area contributed by atoms with Crippen molar-refractivity contribution in [2.24, 2.45) is 0 Å². The fraction of sp³-hybridized carbons (Fsp3) is 0.316. The molecule has 6 nitrogen and oxygen atoms in total. The topological polar surface area (TPSA) is 69.7 Å². The van der Waals surface area contributed by atoms with Gasteiger partial charge in [0.05, 0.1) is 0 Å². The quantitative estimate of drug-likeness (QED) is 0.581. The van der Waals surface area contributed by atoms with E-state index in [0.717, 1.165) is 4.90 Å². The monoisotopic (exact) mass is 341 g/mol. The number of hydrogen-bond acceptors (Lipinski definition) is 3. The van der Waals surface area contributed by atoms with Crippen molar-refractivity contribution < 1.29 is 14.4 Å². The molecule has 6 heteroatoms. The zero-order valence-corrected chi connectivity index (χ0v) is 14.4. The minimum Gasteiger partial charge on any atom is -0.334 e. The first kappa shape index (κ1) is 18.4. The van der Waals surface area contributed by atoms with Crippen molar-refractivity contribution in [1.29, 1.82) is 0 Å². The van der Waals surface area contributed by atoms with Crippen molar-refractivity contribution in [3.63, 3.8) is 0 Å². The van der Waals surface area contributed by atoms with Crippen molar-refractivity contribution in [2.75, 3.05) is 19.6 Å². The molecule has 1 N–H and O–H groups in total. The van der Waals surface area contributed by atoms with Crippen molar-refractivity contribution in [2.45, 2.75) is 18.9 Å². The molecule has 1 unspecified atom stereocenters. The lowest BCUT2D eigenvalue weighted by Gasteiger charge is -2.26. The Morgan fingerprint density at radius 2 is 1.80 bits per heavy atom. The maximum absolute atomic E-state index is 13.0. The van der Waals surface area contributed by atoms with Crippen LogP contribution in [0.2, 0.25) is 0 Å². The lowest BCUT2D eigenvalue weighted by Crippen LogP contribution is -2.45. The molecule has 1 fully saturated rings. The summed E-state index contributed by atoms with van der Waals surface area (Å²) in [6, 6.07) is 8.52. The Kier molecular flexibility index (Phi) is 5.75. The Morgan fingerprint density at radius 3 is 2.32 bits per heavy atom. The summed E-state index contributed by atoms with van der Waals surface area (Å²) < 4.78 is 0. The summed E-state index contributed by atoms with van der Waals surface area (Å²) >= 11 is 0. The third-order valence-corrected chi connectivity index (χ3v) is 4.32. The molecule has 25 heavy (non-hydrogen) atoms. The van der Waals surface area contributed by atoms with Gasteiger partial charge in [0.25, 0.3) is 5.91 Å². The van der Waals surface area contributed by atoms with Gasteiger partial charge in [-0.2, -0.15) is 0 Å². The number of carbonyl (C=O) groups is 3. The Balaban J connectivity index is 2.24. The molecule has 132 valence electrons. The summed E-state index contributed by atoms with van der Waals surface area (Å²) in [5.41, 5.74) is -0.416. The van der Waals surface area contributed by atoms with E-state index in [1.54, 1.807) is 24.3 Å². The lowest BCUT2D eigenvalue weighted by molar-refractivity contribution is -0.138. The molecule has 1 aromatic carbocycles. The van der Waals surface area contributed by atoms with Gasteiger partial charge in [0.2, 0.25) is 5.91 Å². The number of amides is 4. The highest BCUT2D eigenvalue weighted by atomic mass is 16.2. The van der Waals surface area contributed by atoms with Crippen molar-refractivity contribution in [3.8, 4) is 0 Å². The van der Waals surface area contributed by atoms with E-state index in [-0.39, 0.29) is 12.5 Å². The van der Waals surface area contributed by atoms with Gasteiger partial charge in [-0.1, -0.05) is 49.4 Å². The molecule has 0 aromatic heterocycles. The summed E-state index contributed by atoms with van der Waals surface area (Å²) in [6.07, 6.45) is 3.58. The first-order valence-electron chi connectivity index (χ1n) is 8.19. The molecule has 2 rings (SSSR count). The number of nitrogens with one attached hydrogen (secondary N) is 1. The van der Waals surface area contributed by atoms with Gasteiger partial charge in [-0.25, -0.2) is 4.79 Å². The van der Waals surface area contributed by atoms with Gasteiger partial charge in [-0.05, 0) is 12.0 Å². The van der Waals surface area contributed by atoms with Crippen LogP contribution in [0.25, 0.3) is 0 Å². The van der Waals surface area contributed by atoms with E-state index in [0.29, 0.717) is 25.1 Å². The van der Waals surface area contributed by atoms with Crippen LogP contribution in [0.4, 0.5) is 4.79 Å². The average molecular weight is 341 g/mol. The highest BCUT2D eigenvalue weighted by molar-refractivity contribution is 6.09. The summed E-state index contributed by atoms with van der Waals surface area (Å²) in [6.45, 7) is 9.41.